The number of piperidine rings is 1. The minimum absolute atomic E-state index is 0.0933. The number of hydrogen-bond acceptors (Lipinski definition) is 3. The van der Waals surface area contributed by atoms with Gasteiger partial charge in [-0.25, -0.2) is 0 Å². The van der Waals surface area contributed by atoms with Crippen LogP contribution in [0.3, 0.4) is 0 Å². The summed E-state index contributed by atoms with van der Waals surface area (Å²) in [5.74, 6) is 1.44. The zero-order valence-electron chi connectivity index (χ0n) is 22.7. The number of unbranched alkanes of at least 4 members (excludes halogenated alkanes) is 2. The Labute approximate surface area is 243 Å². The fourth-order valence-corrected chi connectivity index (χ4v) is 5.88. The maximum absolute atomic E-state index is 12.5. The van der Waals surface area contributed by atoms with E-state index in [2.05, 4.69) is 39.8 Å². The fraction of sp³-hybridized carbons (Fsp3) is 0.500. The number of likely N-dealkylation sites (tertiary alicyclic amines) is 1. The molecule has 3 unspecified atom stereocenters. The summed E-state index contributed by atoms with van der Waals surface area (Å²) in [4.78, 5) is 27.1. The number of nitrogens with zero attached hydrogens (tertiary/aromatic N) is 1. The molecule has 39 heavy (non-hydrogen) atoms. The minimum atomic E-state index is -0.0933. The molecule has 1 aliphatic heterocycles. The van der Waals surface area contributed by atoms with Crippen LogP contribution in [0.1, 0.15) is 68.4 Å². The van der Waals surface area contributed by atoms with Gasteiger partial charge in [0.1, 0.15) is 0 Å². The number of amides is 2. The second kappa shape index (κ2) is 15.4. The molecular weight excluding hydrogens is 529 g/mol. The standard InChI is InChI=1S/C32H41Cl2N3O2/c33-29-15-13-24(21-30(29)34)14-16-31(38)35-17-5-2-6-19-37-20-8-10-25(23-37)9-7-18-36-32(39)28-22-27(28)26-11-3-1-4-12-26/h1,3-4,11-16,21,25,27-28H,2,5-10,17-20,22-23H2,(H,35,38)(H,36,39)/b16-14+. The van der Waals surface area contributed by atoms with Crippen molar-refractivity contribution in [2.45, 2.75) is 57.3 Å². The molecule has 0 bridgehead atoms. The summed E-state index contributed by atoms with van der Waals surface area (Å²) >= 11 is 11.9. The number of rotatable bonds is 14. The van der Waals surface area contributed by atoms with E-state index in [0.717, 1.165) is 56.7 Å². The van der Waals surface area contributed by atoms with Gasteiger partial charge in [0, 0.05) is 31.6 Å². The van der Waals surface area contributed by atoms with E-state index in [4.69, 9.17) is 23.2 Å². The van der Waals surface area contributed by atoms with Gasteiger partial charge in [0.15, 0.2) is 0 Å². The van der Waals surface area contributed by atoms with E-state index in [-0.39, 0.29) is 17.7 Å². The fourth-order valence-electron chi connectivity index (χ4n) is 5.57. The van der Waals surface area contributed by atoms with Crippen LogP contribution < -0.4 is 10.6 Å². The molecule has 3 atom stereocenters. The molecular formula is C32H41Cl2N3O2. The second-order valence-corrected chi connectivity index (χ2v) is 11.8. The largest absolute Gasteiger partial charge is 0.356 e. The first-order chi connectivity index (χ1) is 19.0. The van der Waals surface area contributed by atoms with Crippen LogP contribution in [0.15, 0.2) is 54.6 Å². The van der Waals surface area contributed by atoms with Crippen LogP contribution in [-0.4, -0.2) is 49.4 Å². The zero-order valence-corrected chi connectivity index (χ0v) is 24.2. The first kappa shape index (κ1) is 29.6. The molecule has 210 valence electrons. The van der Waals surface area contributed by atoms with Gasteiger partial charge < -0.3 is 15.5 Å². The summed E-state index contributed by atoms with van der Waals surface area (Å²) < 4.78 is 0. The van der Waals surface area contributed by atoms with E-state index in [0.29, 0.717) is 22.5 Å². The lowest BCUT2D eigenvalue weighted by Crippen LogP contribution is -2.36. The lowest BCUT2D eigenvalue weighted by molar-refractivity contribution is -0.122. The van der Waals surface area contributed by atoms with Crippen LogP contribution in [0.5, 0.6) is 0 Å². The molecule has 2 fully saturated rings. The van der Waals surface area contributed by atoms with Gasteiger partial charge in [-0.05, 0) is 99.2 Å². The molecule has 5 nitrogen and oxygen atoms in total. The molecule has 2 aromatic rings. The van der Waals surface area contributed by atoms with Gasteiger partial charge in [-0.1, -0.05) is 66.0 Å². The van der Waals surface area contributed by atoms with Gasteiger partial charge in [0.05, 0.1) is 10.0 Å². The summed E-state index contributed by atoms with van der Waals surface area (Å²) in [6.45, 7) is 4.96. The highest BCUT2D eigenvalue weighted by Gasteiger charge is 2.43. The van der Waals surface area contributed by atoms with E-state index in [1.807, 2.05) is 12.1 Å². The van der Waals surface area contributed by atoms with Gasteiger partial charge in [0.25, 0.3) is 0 Å². The topological polar surface area (TPSA) is 61.4 Å². The van der Waals surface area contributed by atoms with Crippen LogP contribution in [0.25, 0.3) is 6.08 Å². The van der Waals surface area contributed by atoms with E-state index in [1.165, 1.54) is 44.0 Å². The molecule has 2 aromatic carbocycles. The Bertz CT molecular complexity index is 1110. The van der Waals surface area contributed by atoms with Crippen LogP contribution in [0.4, 0.5) is 0 Å². The van der Waals surface area contributed by atoms with Crippen molar-refractivity contribution in [1.82, 2.24) is 15.5 Å². The number of carbonyl (C=O) groups excluding carboxylic acids is 2. The number of halogens is 2. The van der Waals surface area contributed by atoms with Gasteiger partial charge >= 0.3 is 0 Å². The van der Waals surface area contributed by atoms with Crippen molar-refractivity contribution in [3.63, 3.8) is 0 Å². The van der Waals surface area contributed by atoms with E-state index >= 15 is 0 Å². The second-order valence-electron chi connectivity index (χ2n) is 11.0. The molecule has 0 spiro atoms. The van der Waals surface area contributed by atoms with Crippen molar-refractivity contribution in [2.24, 2.45) is 11.8 Å². The van der Waals surface area contributed by atoms with Gasteiger partial charge in [-0.3, -0.25) is 9.59 Å². The van der Waals surface area contributed by atoms with Crippen molar-refractivity contribution in [3.05, 3.63) is 75.8 Å². The number of nitrogens with one attached hydrogen (secondary N) is 2. The molecule has 1 saturated heterocycles. The minimum Gasteiger partial charge on any atom is -0.356 e. The van der Waals surface area contributed by atoms with Crippen LogP contribution in [0.2, 0.25) is 10.0 Å². The van der Waals surface area contributed by atoms with Crippen LogP contribution in [0, 0.1) is 11.8 Å². The Morgan fingerprint density at radius 2 is 1.77 bits per heavy atom. The predicted molar refractivity (Wildman–Crippen MR) is 161 cm³/mol. The Hall–Kier alpha value is -2.34. The first-order valence-corrected chi connectivity index (χ1v) is 15.2. The van der Waals surface area contributed by atoms with E-state index in [1.54, 1.807) is 18.2 Å². The zero-order chi connectivity index (χ0) is 27.5. The van der Waals surface area contributed by atoms with Crippen molar-refractivity contribution >= 4 is 41.1 Å². The van der Waals surface area contributed by atoms with Crippen LogP contribution >= 0.6 is 23.2 Å². The summed E-state index contributed by atoms with van der Waals surface area (Å²) in [6.07, 6.45) is 12.3. The molecule has 2 N–H and O–H groups in total. The molecule has 1 aliphatic carbocycles. The molecule has 0 aromatic heterocycles. The van der Waals surface area contributed by atoms with Gasteiger partial charge in [-0.2, -0.15) is 0 Å². The summed E-state index contributed by atoms with van der Waals surface area (Å²) in [5, 5.41) is 7.12. The predicted octanol–water partition coefficient (Wildman–Crippen LogP) is 6.71. The molecule has 2 aliphatic rings. The SMILES string of the molecule is O=C(/C=C/c1ccc(Cl)c(Cl)c1)NCCCCCN1CCCC(CCCNC(=O)C2CC2c2ccccc2)C1. The van der Waals surface area contributed by atoms with Crippen molar-refractivity contribution in [2.75, 3.05) is 32.7 Å². The molecule has 4 rings (SSSR count). The Morgan fingerprint density at radius 3 is 2.59 bits per heavy atom. The molecule has 1 heterocycles. The van der Waals surface area contributed by atoms with Gasteiger partial charge in [-0.15, -0.1) is 0 Å². The summed E-state index contributed by atoms with van der Waals surface area (Å²) in [5.41, 5.74) is 2.14. The normalized spacial score (nSPS) is 21.1. The maximum Gasteiger partial charge on any atom is 0.243 e. The number of hydrogen-bond donors (Lipinski definition) is 2. The average Bonchev–Trinajstić information content (AvgIpc) is 3.76. The molecule has 7 heteroatoms. The third-order valence-electron chi connectivity index (χ3n) is 7.87. The van der Waals surface area contributed by atoms with Crippen LogP contribution in [-0.2, 0) is 9.59 Å². The quantitative estimate of drug-likeness (QED) is 0.196. The van der Waals surface area contributed by atoms with Gasteiger partial charge in [0.2, 0.25) is 11.8 Å². The van der Waals surface area contributed by atoms with Crippen molar-refractivity contribution in [1.29, 1.82) is 0 Å². The lowest BCUT2D eigenvalue weighted by Gasteiger charge is -2.32. The smallest absolute Gasteiger partial charge is 0.243 e. The summed E-state index contributed by atoms with van der Waals surface area (Å²) in [6, 6.07) is 15.7. The Balaban J connectivity index is 1.01. The van der Waals surface area contributed by atoms with E-state index < -0.39 is 0 Å². The van der Waals surface area contributed by atoms with Crippen molar-refractivity contribution in [3.8, 4) is 0 Å². The molecule has 2 amide bonds. The van der Waals surface area contributed by atoms with Crippen molar-refractivity contribution < 1.29 is 9.59 Å². The Kier molecular flexibility index (Phi) is 11.7. The highest BCUT2D eigenvalue weighted by Crippen LogP contribution is 2.47. The summed E-state index contributed by atoms with van der Waals surface area (Å²) in [7, 11) is 0. The molecule has 1 saturated carbocycles. The van der Waals surface area contributed by atoms with E-state index in [9.17, 15) is 9.59 Å². The highest BCUT2D eigenvalue weighted by molar-refractivity contribution is 6.42. The number of carbonyl (C=O) groups is 2. The molecule has 0 radical (unpaired) electrons. The maximum atomic E-state index is 12.5. The monoisotopic (exact) mass is 569 g/mol. The Morgan fingerprint density at radius 1 is 0.949 bits per heavy atom. The average molecular weight is 571 g/mol. The third kappa shape index (κ3) is 9.97. The highest BCUT2D eigenvalue weighted by atomic mass is 35.5. The number of benzene rings is 2. The first-order valence-electron chi connectivity index (χ1n) is 14.5. The lowest BCUT2D eigenvalue weighted by atomic mass is 9.93. The third-order valence-corrected chi connectivity index (χ3v) is 8.61.